The average Bonchev–Trinajstić information content (AvgIpc) is 2.14. The van der Waals surface area contributed by atoms with Gasteiger partial charge in [0.15, 0.2) is 0 Å². The third-order valence-corrected chi connectivity index (χ3v) is 3.01. The molecule has 0 unspecified atom stereocenters. The molecule has 2 heteroatoms. The van der Waals surface area contributed by atoms with E-state index in [-0.39, 0.29) is 11.4 Å². The Morgan fingerprint density at radius 1 is 1.25 bits per heavy atom. The molecule has 0 bridgehead atoms. The molecule has 72 valence electrons. The quantitative estimate of drug-likeness (QED) is 0.636. The van der Waals surface area contributed by atoms with Gasteiger partial charge in [0.25, 0.3) is 0 Å². The smallest absolute Gasteiger partial charge is 0.222 e. The zero-order chi connectivity index (χ0) is 9.78. The largest absolute Gasteiger partial charge is 0.340 e. The van der Waals surface area contributed by atoms with Crippen LogP contribution in [0.3, 0.4) is 0 Å². The summed E-state index contributed by atoms with van der Waals surface area (Å²) in [6, 6.07) is 0. The molecule has 12 heavy (non-hydrogen) atoms. The molecule has 0 aromatic rings. The van der Waals surface area contributed by atoms with Gasteiger partial charge < -0.3 is 4.90 Å². The summed E-state index contributed by atoms with van der Waals surface area (Å²) in [5.41, 5.74) is 0.0487. The molecule has 0 aromatic heterocycles. The SMILES string of the molecule is CCC(=O)N(C)C(C)(CC)CC. The fourth-order valence-corrected chi connectivity index (χ4v) is 1.26. The molecule has 0 spiro atoms. The molecule has 0 N–H and O–H groups in total. The van der Waals surface area contributed by atoms with Gasteiger partial charge in [-0.15, -0.1) is 0 Å². The highest BCUT2D eigenvalue weighted by atomic mass is 16.2. The molecule has 0 saturated heterocycles. The molecule has 0 aliphatic rings. The lowest BCUT2D eigenvalue weighted by molar-refractivity contribution is -0.135. The van der Waals surface area contributed by atoms with E-state index in [1.165, 1.54) is 0 Å². The molecule has 0 fully saturated rings. The lowest BCUT2D eigenvalue weighted by Crippen LogP contribution is -2.46. The summed E-state index contributed by atoms with van der Waals surface area (Å²) in [5.74, 6) is 0.237. The van der Waals surface area contributed by atoms with Crippen LogP contribution < -0.4 is 0 Å². The van der Waals surface area contributed by atoms with Crippen LogP contribution in [0.15, 0.2) is 0 Å². The van der Waals surface area contributed by atoms with Gasteiger partial charge in [0.1, 0.15) is 0 Å². The zero-order valence-corrected chi connectivity index (χ0v) is 8.98. The first kappa shape index (κ1) is 11.5. The minimum atomic E-state index is 0.0487. The maximum atomic E-state index is 11.4. The van der Waals surface area contributed by atoms with Gasteiger partial charge >= 0.3 is 0 Å². The third-order valence-electron chi connectivity index (χ3n) is 3.01. The number of amides is 1. The summed E-state index contributed by atoms with van der Waals surface area (Å²) in [7, 11) is 1.90. The summed E-state index contributed by atoms with van der Waals surface area (Å²) < 4.78 is 0. The topological polar surface area (TPSA) is 20.3 Å². The van der Waals surface area contributed by atoms with Gasteiger partial charge in [0.2, 0.25) is 5.91 Å². The average molecular weight is 171 g/mol. The van der Waals surface area contributed by atoms with E-state index in [1.54, 1.807) is 0 Å². The fraction of sp³-hybridized carbons (Fsp3) is 0.900. The van der Waals surface area contributed by atoms with Crippen molar-refractivity contribution in [3.63, 3.8) is 0 Å². The molecule has 0 radical (unpaired) electrons. The van der Waals surface area contributed by atoms with Crippen LogP contribution in [-0.2, 0) is 4.79 Å². The van der Waals surface area contributed by atoms with E-state index in [9.17, 15) is 4.79 Å². The maximum absolute atomic E-state index is 11.4. The Bertz CT molecular complexity index is 150. The number of carbonyl (C=O) groups excluding carboxylic acids is 1. The molecule has 0 aliphatic heterocycles. The Morgan fingerprint density at radius 2 is 1.67 bits per heavy atom. The van der Waals surface area contributed by atoms with Crippen molar-refractivity contribution in [1.29, 1.82) is 0 Å². The van der Waals surface area contributed by atoms with Crippen LogP contribution in [-0.4, -0.2) is 23.4 Å². The number of rotatable bonds is 4. The van der Waals surface area contributed by atoms with Crippen molar-refractivity contribution >= 4 is 5.91 Å². The van der Waals surface area contributed by atoms with E-state index in [1.807, 2.05) is 18.9 Å². The van der Waals surface area contributed by atoms with Crippen LogP contribution in [0.4, 0.5) is 0 Å². The zero-order valence-electron chi connectivity index (χ0n) is 8.98. The van der Waals surface area contributed by atoms with E-state index in [0.717, 1.165) is 12.8 Å². The normalized spacial score (nSPS) is 11.4. The summed E-state index contributed by atoms with van der Waals surface area (Å²) in [5, 5.41) is 0. The Labute approximate surface area is 75.9 Å². The lowest BCUT2D eigenvalue weighted by Gasteiger charge is -2.37. The van der Waals surface area contributed by atoms with Gasteiger partial charge in [-0.05, 0) is 19.8 Å². The van der Waals surface area contributed by atoms with Crippen molar-refractivity contribution in [2.24, 2.45) is 0 Å². The van der Waals surface area contributed by atoms with Gasteiger partial charge in [-0.1, -0.05) is 20.8 Å². The summed E-state index contributed by atoms with van der Waals surface area (Å²) >= 11 is 0. The number of carbonyl (C=O) groups is 1. The molecule has 0 aliphatic carbocycles. The Morgan fingerprint density at radius 3 is 1.92 bits per heavy atom. The van der Waals surface area contributed by atoms with Gasteiger partial charge in [-0.25, -0.2) is 0 Å². The van der Waals surface area contributed by atoms with E-state index in [2.05, 4.69) is 20.8 Å². The van der Waals surface area contributed by atoms with Gasteiger partial charge in [-0.3, -0.25) is 4.79 Å². The highest BCUT2D eigenvalue weighted by molar-refractivity contribution is 5.76. The molecule has 0 aromatic carbocycles. The first-order chi connectivity index (χ1) is 5.51. The Kier molecular flexibility index (Phi) is 4.29. The molecule has 2 nitrogen and oxygen atoms in total. The second-order valence-corrected chi connectivity index (χ2v) is 3.51. The van der Waals surface area contributed by atoms with Crippen molar-refractivity contribution in [3.05, 3.63) is 0 Å². The van der Waals surface area contributed by atoms with Gasteiger partial charge in [0, 0.05) is 19.0 Å². The molecular formula is C10H21NO. The van der Waals surface area contributed by atoms with E-state index in [4.69, 9.17) is 0 Å². The predicted molar refractivity (Wildman–Crippen MR) is 52.0 cm³/mol. The molecule has 0 rings (SSSR count). The minimum Gasteiger partial charge on any atom is -0.340 e. The second kappa shape index (κ2) is 4.48. The van der Waals surface area contributed by atoms with Crippen LogP contribution in [0.1, 0.15) is 47.0 Å². The molecular weight excluding hydrogens is 150 g/mol. The van der Waals surface area contributed by atoms with Crippen LogP contribution in [0.2, 0.25) is 0 Å². The Hall–Kier alpha value is -0.530. The first-order valence-corrected chi connectivity index (χ1v) is 4.78. The Balaban J connectivity index is 4.40. The van der Waals surface area contributed by atoms with Crippen LogP contribution in [0.5, 0.6) is 0 Å². The third kappa shape index (κ3) is 2.23. The monoisotopic (exact) mass is 171 g/mol. The van der Waals surface area contributed by atoms with Crippen molar-refractivity contribution in [2.75, 3.05) is 7.05 Å². The summed E-state index contributed by atoms with van der Waals surface area (Å²) in [6.45, 7) is 8.30. The predicted octanol–water partition coefficient (Wildman–Crippen LogP) is 2.43. The van der Waals surface area contributed by atoms with Crippen molar-refractivity contribution in [1.82, 2.24) is 4.90 Å². The van der Waals surface area contributed by atoms with Crippen LogP contribution >= 0.6 is 0 Å². The maximum Gasteiger partial charge on any atom is 0.222 e. The number of nitrogens with zero attached hydrogens (tertiary/aromatic N) is 1. The summed E-state index contributed by atoms with van der Waals surface area (Å²) in [6.07, 6.45) is 2.64. The highest BCUT2D eigenvalue weighted by Gasteiger charge is 2.27. The van der Waals surface area contributed by atoms with Crippen LogP contribution in [0, 0.1) is 0 Å². The van der Waals surface area contributed by atoms with Crippen molar-refractivity contribution in [3.8, 4) is 0 Å². The molecule has 0 heterocycles. The van der Waals surface area contributed by atoms with Crippen LogP contribution in [0.25, 0.3) is 0 Å². The van der Waals surface area contributed by atoms with Gasteiger partial charge in [-0.2, -0.15) is 0 Å². The number of hydrogen-bond donors (Lipinski definition) is 0. The fourth-order valence-electron chi connectivity index (χ4n) is 1.26. The van der Waals surface area contributed by atoms with Crippen molar-refractivity contribution < 1.29 is 4.79 Å². The number of hydrogen-bond acceptors (Lipinski definition) is 1. The standard InChI is InChI=1S/C10H21NO/c1-6-9(12)11(5)10(4,7-2)8-3/h6-8H2,1-5H3. The molecule has 0 atom stereocenters. The van der Waals surface area contributed by atoms with E-state index >= 15 is 0 Å². The van der Waals surface area contributed by atoms with Gasteiger partial charge in [0.05, 0.1) is 0 Å². The minimum absolute atomic E-state index is 0.0487. The first-order valence-electron chi connectivity index (χ1n) is 4.78. The van der Waals surface area contributed by atoms with Crippen molar-refractivity contribution in [2.45, 2.75) is 52.5 Å². The highest BCUT2D eigenvalue weighted by Crippen LogP contribution is 2.21. The summed E-state index contributed by atoms with van der Waals surface area (Å²) in [4.78, 5) is 13.3. The lowest BCUT2D eigenvalue weighted by atomic mass is 9.93. The second-order valence-electron chi connectivity index (χ2n) is 3.51. The molecule has 0 saturated carbocycles. The van der Waals surface area contributed by atoms with E-state index in [0.29, 0.717) is 6.42 Å². The molecule has 1 amide bonds. The van der Waals surface area contributed by atoms with E-state index < -0.39 is 0 Å².